The van der Waals surface area contributed by atoms with E-state index in [0.29, 0.717) is 13.0 Å². The minimum Gasteiger partial charge on any atom is -0.372 e. The average molecular weight is 355 g/mol. The number of hydrogen-bond donors (Lipinski definition) is 2. The predicted molar refractivity (Wildman–Crippen MR) is 104 cm³/mol. The molecule has 2 N–H and O–H groups in total. The Bertz CT molecular complexity index is 707. The third-order valence-corrected chi connectivity index (χ3v) is 4.89. The number of hydrogen-bond acceptors (Lipinski definition) is 2. The Balaban J connectivity index is 1.43. The van der Waals surface area contributed by atoms with E-state index in [4.69, 9.17) is 0 Å². The zero-order valence-corrected chi connectivity index (χ0v) is 15.2. The van der Waals surface area contributed by atoms with E-state index in [1.54, 1.807) is 12.1 Å². The Kier molecular flexibility index (Phi) is 6.10. The van der Waals surface area contributed by atoms with E-state index in [0.717, 1.165) is 30.3 Å². The highest BCUT2D eigenvalue weighted by Gasteiger charge is 2.15. The van der Waals surface area contributed by atoms with E-state index in [-0.39, 0.29) is 11.8 Å². The second-order valence-corrected chi connectivity index (χ2v) is 6.97. The molecule has 138 valence electrons. The second-order valence-electron chi connectivity index (χ2n) is 6.97. The van der Waals surface area contributed by atoms with Gasteiger partial charge in [-0.2, -0.15) is 0 Å². The summed E-state index contributed by atoms with van der Waals surface area (Å²) in [5.41, 5.74) is 2.98. The van der Waals surface area contributed by atoms with Crippen molar-refractivity contribution in [2.75, 3.05) is 29.9 Å². The van der Waals surface area contributed by atoms with E-state index >= 15 is 0 Å². The first-order chi connectivity index (χ1) is 12.6. The normalized spacial score (nSPS) is 14.9. The van der Waals surface area contributed by atoms with Gasteiger partial charge in [-0.15, -0.1) is 0 Å². The molecule has 0 saturated carbocycles. The average Bonchev–Trinajstić information content (AvgIpc) is 2.65. The largest absolute Gasteiger partial charge is 0.372 e. The molecule has 1 saturated heterocycles. The molecule has 0 radical (unpaired) electrons. The maximum atomic E-state index is 12.9. The molecule has 2 aromatic rings. The van der Waals surface area contributed by atoms with Crippen LogP contribution in [0.2, 0.25) is 0 Å². The van der Waals surface area contributed by atoms with Gasteiger partial charge in [0.05, 0.1) is 0 Å². The third-order valence-electron chi connectivity index (χ3n) is 4.89. The molecule has 1 heterocycles. The number of piperidine rings is 1. The maximum Gasteiger partial charge on any atom is 0.319 e. The van der Waals surface area contributed by atoms with Crippen LogP contribution in [0.25, 0.3) is 0 Å². The highest BCUT2D eigenvalue weighted by Crippen LogP contribution is 2.24. The van der Waals surface area contributed by atoms with Crippen LogP contribution in [0.15, 0.2) is 48.5 Å². The van der Waals surface area contributed by atoms with Crippen molar-refractivity contribution in [1.82, 2.24) is 5.32 Å². The standard InChI is InChI=1S/C21H26FN3O/c1-16-11-14-25(15-12-16)20-8-6-19(7-9-20)24-21(26)23-13-10-17-2-4-18(22)5-3-17/h2-9,16H,10-15H2,1H3,(H2,23,24,26). The number of carbonyl (C=O) groups is 1. The van der Waals surface area contributed by atoms with Gasteiger partial charge in [-0.25, -0.2) is 9.18 Å². The second kappa shape index (κ2) is 8.70. The van der Waals surface area contributed by atoms with Crippen molar-refractivity contribution < 1.29 is 9.18 Å². The van der Waals surface area contributed by atoms with E-state index in [1.807, 2.05) is 12.1 Å². The summed E-state index contributed by atoms with van der Waals surface area (Å²) in [6.45, 7) is 5.00. The monoisotopic (exact) mass is 355 g/mol. The van der Waals surface area contributed by atoms with E-state index < -0.39 is 0 Å². The molecule has 1 aliphatic rings. The molecule has 26 heavy (non-hydrogen) atoms. The van der Waals surface area contributed by atoms with Crippen LogP contribution in [0.1, 0.15) is 25.3 Å². The van der Waals surface area contributed by atoms with Gasteiger partial charge < -0.3 is 15.5 Å². The summed E-state index contributed by atoms with van der Waals surface area (Å²) in [6, 6.07) is 14.1. The topological polar surface area (TPSA) is 44.4 Å². The highest BCUT2D eigenvalue weighted by atomic mass is 19.1. The number of carbonyl (C=O) groups excluding carboxylic acids is 1. The minimum absolute atomic E-state index is 0.230. The van der Waals surface area contributed by atoms with Crippen molar-refractivity contribution in [2.24, 2.45) is 5.92 Å². The summed E-state index contributed by atoms with van der Waals surface area (Å²) >= 11 is 0. The fraction of sp³-hybridized carbons (Fsp3) is 0.381. The first-order valence-corrected chi connectivity index (χ1v) is 9.24. The van der Waals surface area contributed by atoms with Gasteiger partial charge in [0.15, 0.2) is 0 Å². The number of anilines is 2. The van der Waals surface area contributed by atoms with Gasteiger partial charge in [0.25, 0.3) is 0 Å². The molecule has 0 aliphatic carbocycles. The van der Waals surface area contributed by atoms with Gasteiger partial charge in [0.1, 0.15) is 5.82 Å². The predicted octanol–water partition coefficient (Wildman–Crippen LogP) is 4.43. The Morgan fingerprint density at radius 2 is 1.73 bits per heavy atom. The lowest BCUT2D eigenvalue weighted by Crippen LogP contribution is -2.32. The van der Waals surface area contributed by atoms with Crippen LogP contribution in [0, 0.1) is 11.7 Å². The molecule has 4 nitrogen and oxygen atoms in total. The number of nitrogens with zero attached hydrogens (tertiary/aromatic N) is 1. The smallest absolute Gasteiger partial charge is 0.319 e. The summed E-state index contributed by atoms with van der Waals surface area (Å²) in [4.78, 5) is 14.4. The molecule has 2 aromatic carbocycles. The number of benzene rings is 2. The highest BCUT2D eigenvalue weighted by molar-refractivity contribution is 5.89. The summed E-state index contributed by atoms with van der Waals surface area (Å²) in [5.74, 6) is 0.563. The summed E-state index contributed by atoms with van der Waals surface area (Å²) in [7, 11) is 0. The van der Waals surface area contributed by atoms with Crippen LogP contribution in [-0.4, -0.2) is 25.7 Å². The Hall–Kier alpha value is -2.56. The van der Waals surface area contributed by atoms with Crippen LogP contribution in [0.4, 0.5) is 20.6 Å². The molecule has 5 heteroatoms. The number of amides is 2. The van der Waals surface area contributed by atoms with Crippen LogP contribution < -0.4 is 15.5 Å². The van der Waals surface area contributed by atoms with Crippen LogP contribution in [-0.2, 0) is 6.42 Å². The number of urea groups is 1. The first kappa shape index (κ1) is 18.2. The quantitative estimate of drug-likeness (QED) is 0.833. The third kappa shape index (κ3) is 5.22. The fourth-order valence-corrected chi connectivity index (χ4v) is 3.17. The van der Waals surface area contributed by atoms with Crippen molar-refractivity contribution >= 4 is 17.4 Å². The van der Waals surface area contributed by atoms with E-state index in [2.05, 4.69) is 34.6 Å². The fourth-order valence-electron chi connectivity index (χ4n) is 3.17. The van der Waals surface area contributed by atoms with Crippen molar-refractivity contribution in [3.63, 3.8) is 0 Å². The molecule has 0 aromatic heterocycles. The zero-order chi connectivity index (χ0) is 18.4. The number of rotatable bonds is 5. The lowest BCUT2D eigenvalue weighted by Gasteiger charge is -2.32. The van der Waals surface area contributed by atoms with Gasteiger partial charge in [-0.1, -0.05) is 19.1 Å². The molecule has 0 bridgehead atoms. The van der Waals surface area contributed by atoms with E-state index in [1.165, 1.54) is 30.7 Å². The minimum atomic E-state index is -0.248. The summed E-state index contributed by atoms with van der Waals surface area (Å²) in [6.07, 6.45) is 3.13. The first-order valence-electron chi connectivity index (χ1n) is 9.24. The maximum absolute atomic E-state index is 12.9. The van der Waals surface area contributed by atoms with E-state index in [9.17, 15) is 9.18 Å². The van der Waals surface area contributed by atoms with Crippen molar-refractivity contribution in [3.05, 3.63) is 59.9 Å². The summed E-state index contributed by atoms with van der Waals surface area (Å²) in [5, 5.41) is 5.67. The zero-order valence-electron chi connectivity index (χ0n) is 15.2. The van der Waals surface area contributed by atoms with Crippen LogP contribution in [0.3, 0.4) is 0 Å². The van der Waals surface area contributed by atoms with Crippen LogP contribution in [0.5, 0.6) is 0 Å². The van der Waals surface area contributed by atoms with Gasteiger partial charge in [-0.05, 0) is 67.1 Å². The Morgan fingerprint density at radius 1 is 1.08 bits per heavy atom. The summed E-state index contributed by atoms with van der Waals surface area (Å²) < 4.78 is 12.9. The molecular weight excluding hydrogens is 329 g/mol. The van der Waals surface area contributed by atoms with Crippen molar-refractivity contribution in [2.45, 2.75) is 26.2 Å². The Morgan fingerprint density at radius 3 is 2.38 bits per heavy atom. The van der Waals surface area contributed by atoms with Gasteiger partial charge in [-0.3, -0.25) is 0 Å². The molecule has 0 unspecified atom stereocenters. The lowest BCUT2D eigenvalue weighted by atomic mass is 9.99. The molecule has 0 spiro atoms. The van der Waals surface area contributed by atoms with Crippen LogP contribution >= 0.6 is 0 Å². The van der Waals surface area contributed by atoms with Gasteiger partial charge in [0.2, 0.25) is 0 Å². The molecule has 2 amide bonds. The molecule has 3 rings (SSSR count). The Labute approximate surface area is 154 Å². The number of nitrogens with one attached hydrogen (secondary N) is 2. The molecule has 1 aliphatic heterocycles. The lowest BCUT2D eigenvalue weighted by molar-refractivity contribution is 0.252. The molecular formula is C21H26FN3O. The molecule has 0 atom stereocenters. The molecule has 1 fully saturated rings. The van der Waals surface area contributed by atoms with Crippen molar-refractivity contribution in [3.8, 4) is 0 Å². The van der Waals surface area contributed by atoms with Crippen molar-refractivity contribution in [1.29, 1.82) is 0 Å². The van der Waals surface area contributed by atoms with Gasteiger partial charge >= 0.3 is 6.03 Å². The van der Waals surface area contributed by atoms with Gasteiger partial charge in [0, 0.05) is 31.0 Å². The number of halogens is 1. The SMILES string of the molecule is CC1CCN(c2ccc(NC(=O)NCCc3ccc(F)cc3)cc2)CC1.